The highest BCUT2D eigenvalue weighted by molar-refractivity contribution is 5.35. The minimum atomic E-state index is -0.632. The third-order valence-corrected chi connectivity index (χ3v) is 3.27. The van der Waals surface area contributed by atoms with Gasteiger partial charge in [0.1, 0.15) is 17.6 Å². The molecule has 88 valence electrons. The zero-order valence-corrected chi connectivity index (χ0v) is 9.68. The van der Waals surface area contributed by atoms with Gasteiger partial charge in [0, 0.05) is 6.54 Å². The minimum absolute atomic E-state index is 0.0725. The number of furan rings is 1. The Labute approximate surface area is 100 Å². The summed E-state index contributed by atoms with van der Waals surface area (Å²) < 4.78 is 5.48. The first-order valence-electron chi connectivity index (χ1n) is 5.81. The van der Waals surface area contributed by atoms with Crippen molar-refractivity contribution in [2.45, 2.75) is 25.6 Å². The van der Waals surface area contributed by atoms with E-state index in [1.165, 1.54) is 5.56 Å². The molecule has 0 saturated heterocycles. The van der Waals surface area contributed by atoms with Gasteiger partial charge in [-0.15, -0.1) is 0 Å². The number of hydrogen-bond acceptors (Lipinski definition) is 3. The fraction of sp³-hybridized carbons (Fsp3) is 0.286. The second kappa shape index (κ2) is 4.02. The molecule has 1 aromatic carbocycles. The zero-order chi connectivity index (χ0) is 11.8. The number of fused-ring (bicyclic) bond motifs is 1. The lowest BCUT2D eigenvalue weighted by atomic mass is 9.99. The van der Waals surface area contributed by atoms with Crippen molar-refractivity contribution in [1.82, 2.24) is 5.32 Å². The maximum absolute atomic E-state index is 10.3. The molecule has 2 atom stereocenters. The lowest BCUT2D eigenvalue weighted by Gasteiger charge is -2.17. The van der Waals surface area contributed by atoms with Gasteiger partial charge in [0.05, 0.1) is 6.04 Å². The predicted octanol–water partition coefficient (Wildman–Crippen LogP) is 2.47. The summed E-state index contributed by atoms with van der Waals surface area (Å²) in [5, 5.41) is 13.6. The molecule has 0 bridgehead atoms. The Morgan fingerprint density at radius 3 is 2.88 bits per heavy atom. The van der Waals surface area contributed by atoms with E-state index in [9.17, 15) is 5.11 Å². The van der Waals surface area contributed by atoms with Crippen molar-refractivity contribution in [2.24, 2.45) is 0 Å². The van der Waals surface area contributed by atoms with E-state index in [2.05, 4.69) is 17.4 Å². The van der Waals surface area contributed by atoms with Crippen LogP contribution in [0.25, 0.3) is 0 Å². The molecule has 2 aromatic rings. The summed E-state index contributed by atoms with van der Waals surface area (Å²) in [6.45, 7) is 2.68. The molecular formula is C14H15NO2. The van der Waals surface area contributed by atoms with Crippen LogP contribution < -0.4 is 5.32 Å². The smallest absolute Gasteiger partial charge is 0.134 e. The van der Waals surface area contributed by atoms with Crippen LogP contribution >= 0.6 is 0 Å². The number of nitrogens with one attached hydrogen (secondary N) is 1. The van der Waals surface area contributed by atoms with Gasteiger partial charge in [-0.1, -0.05) is 24.3 Å². The highest BCUT2D eigenvalue weighted by atomic mass is 16.4. The minimum Gasteiger partial charge on any atom is -0.464 e. The highest BCUT2D eigenvalue weighted by Gasteiger charge is 2.30. The van der Waals surface area contributed by atoms with Gasteiger partial charge < -0.3 is 14.8 Å². The van der Waals surface area contributed by atoms with Crippen LogP contribution in [0, 0.1) is 6.92 Å². The summed E-state index contributed by atoms with van der Waals surface area (Å²) in [5.74, 6) is 1.45. The Kier molecular flexibility index (Phi) is 2.50. The zero-order valence-electron chi connectivity index (χ0n) is 9.68. The van der Waals surface area contributed by atoms with Crippen LogP contribution in [-0.2, 0) is 6.54 Å². The van der Waals surface area contributed by atoms with Gasteiger partial charge in [0.15, 0.2) is 0 Å². The fourth-order valence-corrected chi connectivity index (χ4v) is 2.39. The number of aryl methyl sites for hydroxylation is 1. The van der Waals surface area contributed by atoms with Crippen LogP contribution in [0.1, 0.15) is 34.8 Å². The second-order valence-electron chi connectivity index (χ2n) is 4.45. The van der Waals surface area contributed by atoms with E-state index in [1.54, 1.807) is 0 Å². The third-order valence-electron chi connectivity index (χ3n) is 3.27. The van der Waals surface area contributed by atoms with Crippen molar-refractivity contribution in [2.75, 3.05) is 0 Å². The van der Waals surface area contributed by atoms with E-state index in [0.717, 1.165) is 17.9 Å². The van der Waals surface area contributed by atoms with E-state index >= 15 is 0 Å². The number of benzene rings is 1. The normalized spacial score (nSPS) is 20.2. The molecule has 0 radical (unpaired) electrons. The number of hydrogen-bond donors (Lipinski definition) is 2. The summed E-state index contributed by atoms with van der Waals surface area (Å²) >= 11 is 0. The SMILES string of the molecule is Cc1ccc(C(O)C2NCc3ccccc32)o1. The van der Waals surface area contributed by atoms with E-state index in [4.69, 9.17) is 4.42 Å². The average Bonchev–Trinajstić information content (AvgIpc) is 2.94. The Morgan fingerprint density at radius 1 is 1.29 bits per heavy atom. The molecule has 0 spiro atoms. The van der Waals surface area contributed by atoms with Crippen LogP contribution in [0.5, 0.6) is 0 Å². The molecular weight excluding hydrogens is 214 g/mol. The Balaban J connectivity index is 1.92. The molecule has 2 N–H and O–H groups in total. The monoisotopic (exact) mass is 229 g/mol. The van der Waals surface area contributed by atoms with Crippen molar-refractivity contribution >= 4 is 0 Å². The van der Waals surface area contributed by atoms with Crippen molar-refractivity contribution in [3.63, 3.8) is 0 Å². The number of aliphatic hydroxyl groups is 1. The third kappa shape index (κ3) is 1.77. The van der Waals surface area contributed by atoms with Crippen LogP contribution in [0.3, 0.4) is 0 Å². The lowest BCUT2D eigenvalue weighted by Crippen LogP contribution is -2.19. The molecule has 3 nitrogen and oxygen atoms in total. The van der Waals surface area contributed by atoms with Gasteiger partial charge >= 0.3 is 0 Å². The fourth-order valence-electron chi connectivity index (χ4n) is 2.39. The van der Waals surface area contributed by atoms with E-state index in [-0.39, 0.29) is 6.04 Å². The number of aliphatic hydroxyl groups excluding tert-OH is 1. The quantitative estimate of drug-likeness (QED) is 0.831. The number of rotatable bonds is 2. The average molecular weight is 229 g/mol. The Hall–Kier alpha value is -1.58. The predicted molar refractivity (Wildman–Crippen MR) is 64.4 cm³/mol. The largest absolute Gasteiger partial charge is 0.464 e. The molecule has 1 aliphatic heterocycles. The van der Waals surface area contributed by atoms with Crippen LogP contribution in [0.4, 0.5) is 0 Å². The first kappa shape index (κ1) is 10.6. The molecule has 2 unspecified atom stereocenters. The van der Waals surface area contributed by atoms with E-state index in [1.807, 2.05) is 31.2 Å². The lowest BCUT2D eigenvalue weighted by molar-refractivity contribution is 0.108. The second-order valence-corrected chi connectivity index (χ2v) is 4.45. The molecule has 0 amide bonds. The topological polar surface area (TPSA) is 45.4 Å². The Bertz CT molecular complexity index is 533. The first-order chi connectivity index (χ1) is 8.25. The van der Waals surface area contributed by atoms with Crippen molar-refractivity contribution in [3.8, 4) is 0 Å². The summed E-state index contributed by atoms with van der Waals surface area (Å²) in [5.41, 5.74) is 2.41. The molecule has 0 aliphatic carbocycles. The highest BCUT2D eigenvalue weighted by Crippen LogP contribution is 2.35. The van der Waals surface area contributed by atoms with Crippen LogP contribution in [0.2, 0.25) is 0 Å². The van der Waals surface area contributed by atoms with Crippen molar-refractivity contribution < 1.29 is 9.52 Å². The standard InChI is InChI=1S/C14H15NO2/c1-9-6-7-12(17-9)14(16)13-11-5-3-2-4-10(11)8-15-13/h2-7,13-16H,8H2,1H3. The van der Waals surface area contributed by atoms with E-state index < -0.39 is 6.10 Å². The summed E-state index contributed by atoms with van der Waals surface area (Å²) in [4.78, 5) is 0. The van der Waals surface area contributed by atoms with Crippen molar-refractivity contribution in [1.29, 1.82) is 0 Å². The molecule has 3 rings (SSSR count). The van der Waals surface area contributed by atoms with Gasteiger partial charge in [-0.25, -0.2) is 0 Å². The van der Waals surface area contributed by atoms with E-state index in [0.29, 0.717) is 5.76 Å². The Morgan fingerprint density at radius 2 is 2.12 bits per heavy atom. The van der Waals surface area contributed by atoms with Crippen molar-refractivity contribution in [3.05, 3.63) is 59.0 Å². The van der Waals surface area contributed by atoms with Crippen LogP contribution in [-0.4, -0.2) is 5.11 Å². The molecule has 1 aromatic heterocycles. The maximum Gasteiger partial charge on any atom is 0.134 e. The van der Waals surface area contributed by atoms with Gasteiger partial charge in [-0.2, -0.15) is 0 Å². The molecule has 3 heteroatoms. The first-order valence-corrected chi connectivity index (χ1v) is 5.81. The molecule has 17 heavy (non-hydrogen) atoms. The summed E-state index contributed by atoms with van der Waals surface area (Å²) in [6.07, 6.45) is -0.632. The maximum atomic E-state index is 10.3. The van der Waals surface area contributed by atoms with Gasteiger partial charge in [-0.3, -0.25) is 0 Å². The molecule has 0 fully saturated rings. The van der Waals surface area contributed by atoms with Gasteiger partial charge in [0.2, 0.25) is 0 Å². The summed E-state index contributed by atoms with van der Waals surface area (Å²) in [6, 6.07) is 11.8. The molecule has 0 saturated carbocycles. The van der Waals surface area contributed by atoms with Gasteiger partial charge in [0.25, 0.3) is 0 Å². The summed E-state index contributed by atoms with van der Waals surface area (Å²) in [7, 11) is 0. The van der Waals surface area contributed by atoms with Crippen LogP contribution in [0.15, 0.2) is 40.8 Å². The molecule has 1 aliphatic rings. The van der Waals surface area contributed by atoms with Gasteiger partial charge in [-0.05, 0) is 30.2 Å². The molecule has 2 heterocycles.